The van der Waals surface area contributed by atoms with E-state index in [4.69, 9.17) is 4.79 Å². The second-order valence-electron chi connectivity index (χ2n) is 1.52. The van der Waals surface area contributed by atoms with Gasteiger partial charge < -0.3 is 4.79 Å². The van der Waals surface area contributed by atoms with Crippen LogP contribution in [-0.2, 0) is 4.79 Å². The standard InChI is InChI=1S/C6H7N.CH2O/c1-6-2-4-7-5-3-6;1-2/h2-5H,1H3;1H2. The molecule has 2 nitrogen and oxygen atoms in total. The number of carbonyl (C=O) groups is 1. The Bertz CT molecular complexity index is 150. The van der Waals surface area contributed by atoms with Crippen LogP contribution in [-0.4, -0.2) is 11.8 Å². The molecule has 0 fully saturated rings. The summed E-state index contributed by atoms with van der Waals surface area (Å²) in [7, 11) is 0. The molecule has 1 aromatic heterocycles. The summed E-state index contributed by atoms with van der Waals surface area (Å²) in [5, 5.41) is 0. The van der Waals surface area contributed by atoms with E-state index in [2.05, 4.69) is 4.98 Å². The predicted molar refractivity (Wildman–Crippen MR) is 36.1 cm³/mol. The van der Waals surface area contributed by atoms with E-state index in [0.29, 0.717) is 0 Å². The summed E-state index contributed by atoms with van der Waals surface area (Å²) >= 11 is 0. The molecule has 0 atom stereocenters. The molecule has 0 radical (unpaired) electrons. The normalized spacial score (nSPS) is 7.22. The number of nitrogens with zero attached hydrogens (tertiary/aromatic N) is 1. The minimum absolute atomic E-state index is 1.26. The Morgan fingerprint density at radius 2 is 1.78 bits per heavy atom. The molecule has 1 aromatic rings. The summed E-state index contributed by atoms with van der Waals surface area (Å²) in [5.41, 5.74) is 1.26. The van der Waals surface area contributed by atoms with Crippen LogP contribution in [0.2, 0.25) is 0 Å². The van der Waals surface area contributed by atoms with Crippen molar-refractivity contribution in [3.63, 3.8) is 0 Å². The van der Waals surface area contributed by atoms with Gasteiger partial charge in [-0.05, 0) is 24.6 Å². The molecule has 0 aliphatic carbocycles. The van der Waals surface area contributed by atoms with Gasteiger partial charge in [0.2, 0.25) is 0 Å². The molecular weight excluding hydrogens is 114 g/mol. The maximum atomic E-state index is 8.00. The number of hydrogen-bond acceptors (Lipinski definition) is 2. The third-order valence-electron chi connectivity index (χ3n) is 0.847. The van der Waals surface area contributed by atoms with Gasteiger partial charge in [-0.15, -0.1) is 0 Å². The number of carbonyl (C=O) groups excluding carboxylic acids is 1. The monoisotopic (exact) mass is 123 g/mol. The highest BCUT2D eigenvalue weighted by molar-refractivity contribution is 5.11. The van der Waals surface area contributed by atoms with E-state index in [9.17, 15) is 0 Å². The molecule has 0 N–H and O–H groups in total. The quantitative estimate of drug-likeness (QED) is 0.519. The first-order valence-corrected chi connectivity index (χ1v) is 2.55. The van der Waals surface area contributed by atoms with Crippen LogP contribution in [0.1, 0.15) is 5.56 Å². The molecule has 0 bridgehead atoms. The lowest BCUT2D eigenvalue weighted by Gasteiger charge is -1.82. The molecule has 9 heavy (non-hydrogen) atoms. The number of hydrogen-bond donors (Lipinski definition) is 0. The molecular formula is C7H9NO. The zero-order chi connectivity index (χ0) is 7.11. The van der Waals surface area contributed by atoms with Crippen LogP contribution >= 0.6 is 0 Å². The van der Waals surface area contributed by atoms with E-state index in [-0.39, 0.29) is 0 Å². The molecule has 2 heteroatoms. The number of aromatic nitrogens is 1. The first kappa shape index (κ1) is 7.82. The zero-order valence-electron chi connectivity index (χ0n) is 5.37. The van der Waals surface area contributed by atoms with Gasteiger partial charge in [0.05, 0.1) is 0 Å². The average molecular weight is 123 g/mol. The summed E-state index contributed by atoms with van der Waals surface area (Å²) in [6.07, 6.45) is 3.57. The lowest BCUT2D eigenvalue weighted by molar-refractivity contribution is -0.0979. The Morgan fingerprint density at radius 3 is 2.00 bits per heavy atom. The first-order valence-electron chi connectivity index (χ1n) is 2.55. The van der Waals surface area contributed by atoms with Gasteiger partial charge in [0, 0.05) is 12.4 Å². The van der Waals surface area contributed by atoms with Crippen molar-refractivity contribution in [1.29, 1.82) is 0 Å². The number of aryl methyl sites for hydroxylation is 1. The van der Waals surface area contributed by atoms with E-state index in [1.54, 1.807) is 12.4 Å². The third-order valence-corrected chi connectivity index (χ3v) is 0.847. The lowest BCUT2D eigenvalue weighted by Crippen LogP contribution is -1.68. The Labute approximate surface area is 54.5 Å². The van der Waals surface area contributed by atoms with Gasteiger partial charge in [-0.1, -0.05) is 0 Å². The van der Waals surface area contributed by atoms with Crippen LogP contribution in [0.25, 0.3) is 0 Å². The second kappa shape index (κ2) is 4.97. The highest BCUT2D eigenvalue weighted by atomic mass is 16.1. The maximum absolute atomic E-state index is 8.00. The molecule has 1 heterocycles. The van der Waals surface area contributed by atoms with E-state index in [0.717, 1.165) is 0 Å². The van der Waals surface area contributed by atoms with Crippen LogP contribution < -0.4 is 0 Å². The molecule has 0 unspecified atom stereocenters. The summed E-state index contributed by atoms with van der Waals surface area (Å²) in [4.78, 5) is 11.8. The van der Waals surface area contributed by atoms with Crippen molar-refractivity contribution >= 4 is 6.79 Å². The molecule has 0 aliphatic heterocycles. The molecule has 48 valence electrons. The number of rotatable bonds is 0. The minimum Gasteiger partial charge on any atom is -0.307 e. The van der Waals surface area contributed by atoms with Crippen molar-refractivity contribution in [3.05, 3.63) is 30.1 Å². The largest absolute Gasteiger partial charge is 0.307 e. The topological polar surface area (TPSA) is 30.0 Å². The van der Waals surface area contributed by atoms with Gasteiger partial charge in [0.1, 0.15) is 6.79 Å². The van der Waals surface area contributed by atoms with Crippen molar-refractivity contribution in [3.8, 4) is 0 Å². The van der Waals surface area contributed by atoms with Crippen molar-refractivity contribution in [2.75, 3.05) is 0 Å². The Hall–Kier alpha value is -1.18. The molecule has 0 aliphatic rings. The highest BCUT2D eigenvalue weighted by Gasteiger charge is 1.72. The maximum Gasteiger partial charge on any atom is 0.106 e. The Morgan fingerprint density at radius 1 is 1.33 bits per heavy atom. The summed E-state index contributed by atoms with van der Waals surface area (Å²) in [6.45, 7) is 4.04. The van der Waals surface area contributed by atoms with Gasteiger partial charge in [-0.2, -0.15) is 0 Å². The second-order valence-corrected chi connectivity index (χ2v) is 1.52. The zero-order valence-corrected chi connectivity index (χ0v) is 5.37. The Kier molecular flexibility index (Phi) is 4.32. The summed E-state index contributed by atoms with van der Waals surface area (Å²) in [6, 6.07) is 3.94. The van der Waals surface area contributed by atoms with Crippen molar-refractivity contribution in [1.82, 2.24) is 4.98 Å². The summed E-state index contributed by atoms with van der Waals surface area (Å²) < 4.78 is 0. The molecule has 0 amide bonds. The van der Waals surface area contributed by atoms with Gasteiger partial charge in [0.25, 0.3) is 0 Å². The Balaban J connectivity index is 0.000000291. The van der Waals surface area contributed by atoms with E-state index >= 15 is 0 Å². The molecule has 0 spiro atoms. The van der Waals surface area contributed by atoms with E-state index in [1.807, 2.05) is 25.8 Å². The molecule has 0 aromatic carbocycles. The van der Waals surface area contributed by atoms with Crippen LogP contribution in [0, 0.1) is 6.92 Å². The van der Waals surface area contributed by atoms with Crippen LogP contribution in [0.4, 0.5) is 0 Å². The van der Waals surface area contributed by atoms with Crippen molar-refractivity contribution < 1.29 is 4.79 Å². The fourth-order valence-corrected chi connectivity index (χ4v) is 0.426. The number of pyridine rings is 1. The minimum atomic E-state index is 1.26. The molecule has 0 saturated carbocycles. The van der Waals surface area contributed by atoms with Crippen molar-refractivity contribution in [2.24, 2.45) is 0 Å². The molecule has 0 saturated heterocycles. The van der Waals surface area contributed by atoms with E-state index < -0.39 is 0 Å². The van der Waals surface area contributed by atoms with Gasteiger partial charge in [-0.25, -0.2) is 0 Å². The predicted octanol–water partition coefficient (Wildman–Crippen LogP) is 1.21. The van der Waals surface area contributed by atoms with Gasteiger partial charge in [0.15, 0.2) is 0 Å². The van der Waals surface area contributed by atoms with Gasteiger partial charge in [-0.3, -0.25) is 4.98 Å². The van der Waals surface area contributed by atoms with Crippen LogP contribution in [0.5, 0.6) is 0 Å². The smallest absolute Gasteiger partial charge is 0.106 e. The van der Waals surface area contributed by atoms with Crippen LogP contribution in [0.3, 0.4) is 0 Å². The van der Waals surface area contributed by atoms with E-state index in [1.165, 1.54) is 5.56 Å². The SMILES string of the molecule is C=O.Cc1ccncc1. The molecule has 1 rings (SSSR count). The first-order chi connectivity index (χ1) is 4.39. The fourth-order valence-electron chi connectivity index (χ4n) is 0.426. The average Bonchev–Trinajstić information content (AvgIpc) is 1.94. The highest BCUT2D eigenvalue weighted by Crippen LogP contribution is 1.88. The van der Waals surface area contributed by atoms with Crippen LogP contribution in [0.15, 0.2) is 24.5 Å². The fraction of sp³-hybridized carbons (Fsp3) is 0.143. The third kappa shape index (κ3) is 3.41. The summed E-state index contributed by atoms with van der Waals surface area (Å²) in [5.74, 6) is 0. The lowest BCUT2D eigenvalue weighted by atomic mass is 10.3. The van der Waals surface area contributed by atoms with Gasteiger partial charge >= 0.3 is 0 Å². The van der Waals surface area contributed by atoms with Crippen molar-refractivity contribution in [2.45, 2.75) is 6.92 Å².